The summed E-state index contributed by atoms with van der Waals surface area (Å²) in [6.07, 6.45) is 0. The van der Waals surface area contributed by atoms with E-state index >= 15 is 0 Å². The van der Waals surface area contributed by atoms with Gasteiger partial charge >= 0.3 is 0 Å². The van der Waals surface area contributed by atoms with E-state index in [1.807, 2.05) is 27.8 Å². The predicted octanol–water partition coefficient (Wildman–Crippen LogP) is 1.82. The number of aryl methyl sites for hydroxylation is 1. The van der Waals surface area contributed by atoms with Gasteiger partial charge in [-0.15, -0.1) is 11.3 Å². The molecule has 0 aliphatic carbocycles. The van der Waals surface area contributed by atoms with E-state index in [2.05, 4.69) is 5.32 Å². The number of nitrogens with zero attached hydrogens (tertiary/aromatic N) is 1. The standard InChI is InChI=1S/C13H24N2O3S2/c1-5-15(7-8-18-6-2)20(16,17)13-9-11(3)12(19-13)10-14-4/h9,14H,5-8,10H2,1-4H3. The predicted molar refractivity (Wildman–Crippen MR) is 82.7 cm³/mol. The largest absolute Gasteiger partial charge is 0.380 e. The van der Waals surface area contributed by atoms with Crippen LogP contribution in [0.1, 0.15) is 24.3 Å². The maximum Gasteiger partial charge on any atom is 0.252 e. The van der Waals surface area contributed by atoms with Crippen molar-refractivity contribution in [1.29, 1.82) is 0 Å². The fourth-order valence-electron chi connectivity index (χ4n) is 1.84. The summed E-state index contributed by atoms with van der Waals surface area (Å²) < 4.78 is 32.3. The molecule has 0 radical (unpaired) electrons. The molecule has 0 bridgehead atoms. The molecule has 0 aliphatic rings. The summed E-state index contributed by atoms with van der Waals surface area (Å²) in [5, 5.41) is 3.06. The lowest BCUT2D eigenvalue weighted by molar-refractivity contribution is 0.135. The number of ether oxygens (including phenoxy) is 1. The van der Waals surface area contributed by atoms with Crippen LogP contribution in [0, 0.1) is 6.92 Å². The van der Waals surface area contributed by atoms with E-state index in [0.717, 1.165) is 10.4 Å². The number of hydrogen-bond donors (Lipinski definition) is 1. The zero-order valence-corrected chi connectivity index (χ0v) is 14.2. The molecular weight excluding hydrogens is 296 g/mol. The average Bonchev–Trinajstić information content (AvgIpc) is 2.77. The first-order valence-corrected chi connectivity index (χ1v) is 9.04. The zero-order chi connectivity index (χ0) is 15.2. The van der Waals surface area contributed by atoms with Crippen LogP contribution in [0.5, 0.6) is 0 Å². The van der Waals surface area contributed by atoms with Gasteiger partial charge in [0, 0.05) is 31.1 Å². The van der Waals surface area contributed by atoms with E-state index in [1.54, 1.807) is 6.07 Å². The number of nitrogens with one attached hydrogen (secondary N) is 1. The minimum Gasteiger partial charge on any atom is -0.380 e. The number of thiophene rings is 1. The third-order valence-corrected chi connectivity index (χ3v) is 6.63. The molecule has 1 rings (SSSR count). The van der Waals surface area contributed by atoms with Gasteiger partial charge < -0.3 is 10.1 Å². The molecule has 1 aromatic rings. The van der Waals surface area contributed by atoms with Gasteiger partial charge in [0.05, 0.1) is 6.61 Å². The van der Waals surface area contributed by atoms with E-state index in [4.69, 9.17) is 4.74 Å². The SMILES string of the molecule is CCOCCN(CC)S(=O)(=O)c1cc(C)c(CNC)s1. The Hall–Kier alpha value is -0.470. The zero-order valence-electron chi connectivity index (χ0n) is 12.6. The minimum absolute atomic E-state index is 0.394. The van der Waals surface area contributed by atoms with E-state index in [-0.39, 0.29) is 0 Å². The van der Waals surface area contributed by atoms with Crippen LogP contribution in [0.15, 0.2) is 10.3 Å². The Morgan fingerprint density at radius 1 is 1.40 bits per heavy atom. The second-order valence-electron chi connectivity index (χ2n) is 4.40. The second kappa shape index (κ2) is 8.09. The van der Waals surface area contributed by atoms with Gasteiger partial charge in [-0.1, -0.05) is 6.92 Å². The van der Waals surface area contributed by atoms with E-state index in [0.29, 0.717) is 37.1 Å². The first-order chi connectivity index (χ1) is 9.47. The Balaban J connectivity index is 2.92. The van der Waals surface area contributed by atoms with Crippen molar-refractivity contribution >= 4 is 21.4 Å². The lowest BCUT2D eigenvalue weighted by atomic mass is 10.3. The van der Waals surface area contributed by atoms with Gasteiger partial charge in [-0.25, -0.2) is 8.42 Å². The lowest BCUT2D eigenvalue weighted by Gasteiger charge is -2.19. The van der Waals surface area contributed by atoms with Crippen molar-refractivity contribution in [2.75, 3.05) is 33.4 Å². The summed E-state index contributed by atoms with van der Waals surface area (Å²) in [5.41, 5.74) is 1.02. The lowest BCUT2D eigenvalue weighted by Crippen LogP contribution is -2.33. The smallest absolute Gasteiger partial charge is 0.252 e. The van der Waals surface area contributed by atoms with Crippen LogP contribution in [0.2, 0.25) is 0 Å². The molecule has 7 heteroatoms. The van der Waals surface area contributed by atoms with Crippen LogP contribution in [-0.4, -0.2) is 46.1 Å². The Morgan fingerprint density at radius 2 is 2.10 bits per heavy atom. The van der Waals surface area contributed by atoms with E-state index in [9.17, 15) is 8.42 Å². The van der Waals surface area contributed by atoms with Crippen LogP contribution in [0.3, 0.4) is 0 Å². The van der Waals surface area contributed by atoms with Crippen molar-refractivity contribution < 1.29 is 13.2 Å². The van der Waals surface area contributed by atoms with Gasteiger partial charge in [-0.3, -0.25) is 0 Å². The van der Waals surface area contributed by atoms with Crippen LogP contribution in [0.25, 0.3) is 0 Å². The second-order valence-corrected chi connectivity index (χ2v) is 7.70. The summed E-state index contributed by atoms with van der Waals surface area (Å²) in [6, 6.07) is 1.76. The topological polar surface area (TPSA) is 58.6 Å². The van der Waals surface area contributed by atoms with Crippen molar-refractivity contribution in [2.24, 2.45) is 0 Å². The van der Waals surface area contributed by atoms with Crippen LogP contribution in [-0.2, 0) is 21.3 Å². The average molecular weight is 320 g/mol. The highest BCUT2D eigenvalue weighted by Crippen LogP contribution is 2.28. The maximum absolute atomic E-state index is 12.6. The quantitative estimate of drug-likeness (QED) is 0.705. The Bertz CT molecular complexity index is 512. The summed E-state index contributed by atoms with van der Waals surface area (Å²) in [4.78, 5) is 1.06. The van der Waals surface area contributed by atoms with Gasteiger partial charge in [-0.05, 0) is 32.5 Å². The molecule has 1 aromatic heterocycles. The normalized spacial score (nSPS) is 12.2. The molecule has 0 unspecified atom stereocenters. The molecule has 5 nitrogen and oxygen atoms in total. The molecule has 20 heavy (non-hydrogen) atoms. The van der Waals surface area contributed by atoms with Crippen LogP contribution >= 0.6 is 11.3 Å². The number of likely N-dealkylation sites (N-methyl/N-ethyl adjacent to an activating group) is 1. The molecule has 0 saturated carbocycles. The number of sulfonamides is 1. The minimum atomic E-state index is -3.41. The summed E-state index contributed by atoms with van der Waals surface area (Å²) >= 11 is 1.34. The van der Waals surface area contributed by atoms with E-state index < -0.39 is 10.0 Å². The van der Waals surface area contributed by atoms with Crippen LogP contribution < -0.4 is 5.32 Å². The molecule has 0 aliphatic heterocycles. The van der Waals surface area contributed by atoms with Crippen molar-refractivity contribution in [3.8, 4) is 0 Å². The third kappa shape index (κ3) is 4.26. The van der Waals surface area contributed by atoms with Crippen molar-refractivity contribution in [3.05, 3.63) is 16.5 Å². The molecular formula is C13H24N2O3S2. The van der Waals surface area contributed by atoms with Gasteiger partial charge in [-0.2, -0.15) is 4.31 Å². The summed E-state index contributed by atoms with van der Waals surface area (Å²) in [7, 11) is -1.55. The first kappa shape index (κ1) is 17.6. The highest BCUT2D eigenvalue weighted by Gasteiger charge is 2.25. The van der Waals surface area contributed by atoms with Gasteiger partial charge in [0.25, 0.3) is 10.0 Å². The molecule has 0 amide bonds. The molecule has 1 heterocycles. The molecule has 0 fully saturated rings. The molecule has 0 aromatic carbocycles. The van der Waals surface area contributed by atoms with Crippen molar-refractivity contribution in [1.82, 2.24) is 9.62 Å². The highest BCUT2D eigenvalue weighted by atomic mass is 32.2. The summed E-state index contributed by atoms with van der Waals surface area (Å²) in [5.74, 6) is 0. The van der Waals surface area contributed by atoms with Gasteiger partial charge in [0.1, 0.15) is 4.21 Å². The molecule has 116 valence electrons. The highest BCUT2D eigenvalue weighted by molar-refractivity contribution is 7.91. The summed E-state index contributed by atoms with van der Waals surface area (Å²) in [6.45, 7) is 8.25. The molecule has 0 spiro atoms. The van der Waals surface area contributed by atoms with Crippen LogP contribution in [0.4, 0.5) is 0 Å². The van der Waals surface area contributed by atoms with Gasteiger partial charge in [0.2, 0.25) is 0 Å². The third-order valence-electron chi connectivity index (χ3n) is 2.97. The fraction of sp³-hybridized carbons (Fsp3) is 0.692. The van der Waals surface area contributed by atoms with Gasteiger partial charge in [0.15, 0.2) is 0 Å². The Morgan fingerprint density at radius 3 is 2.65 bits per heavy atom. The first-order valence-electron chi connectivity index (χ1n) is 6.79. The fourth-order valence-corrected chi connectivity index (χ4v) is 5.03. The number of hydrogen-bond acceptors (Lipinski definition) is 5. The van der Waals surface area contributed by atoms with E-state index in [1.165, 1.54) is 15.6 Å². The Kier molecular flexibility index (Phi) is 7.11. The maximum atomic E-state index is 12.6. The monoisotopic (exact) mass is 320 g/mol. The molecule has 0 atom stereocenters. The number of rotatable bonds is 9. The Labute approximate surface area is 126 Å². The molecule has 0 saturated heterocycles. The van der Waals surface area contributed by atoms with Crippen molar-refractivity contribution in [2.45, 2.75) is 31.5 Å². The van der Waals surface area contributed by atoms with Crippen molar-refractivity contribution in [3.63, 3.8) is 0 Å². The molecule has 1 N–H and O–H groups in total.